The Bertz CT molecular complexity index is 4580. The minimum Gasteiger partial charge on any atom is -0.508 e. The summed E-state index contributed by atoms with van der Waals surface area (Å²) in [6.45, 7) is 63.6. The van der Waals surface area contributed by atoms with Crippen molar-refractivity contribution in [1.29, 1.82) is 0 Å². The average molecular weight is 1820 g/mol. The monoisotopic (exact) mass is 1820 g/mol. The van der Waals surface area contributed by atoms with Crippen LogP contribution in [0.1, 0.15) is 274 Å². The van der Waals surface area contributed by atoms with Crippen LogP contribution in [0.2, 0.25) is 105 Å². The first-order valence-corrected chi connectivity index (χ1v) is 68.3. The van der Waals surface area contributed by atoms with Crippen LogP contribution in [0.25, 0.3) is 0 Å². The molecule has 0 spiro atoms. The van der Waals surface area contributed by atoms with E-state index in [9.17, 15) is 10.2 Å². The lowest BCUT2D eigenvalue weighted by Gasteiger charge is -2.36. The molecule has 10 atom stereocenters. The Labute approximate surface area is 775 Å². The van der Waals surface area contributed by atoms with Gasteiger partial charge in [0.1, 0.15) is 11.5 Å². The molecule has 0 fully saturated rings. The molecule has 0 aromatic heterocycles. The normalized spacial score (nSPS) is 14.2. The van der Waals surface area contributed by atoms with E-state index in [0.29, 0.717) is 70.6 Å². The molecule has 0 bridgehead atoms. The Kier molecular flexibility index (Phi) is 46.6. The topological polar surface area (TPSA) is 58.9 Å². The van der Waals surface area contributed by atoms with Crippen molar-refractivity contribution >= 4 is 90.5 Å². The molecule has 0 radical (unpaired) electrons. The molecule has 0 heterocycles. The molecule has 0 amide bonds. The van der Waals surface area contributed by atoms with Gasteiger partial charge < -0.3 is 19.7 Å². The summed E-state index contributed by atoms with van der Waals surface area (Å²) >= 11 is 11.8. The average Bonchev–Trinajstić information content (AvgIpc) is 0.794. The number of ether oxygens (including phenoxy) is 2. The predicted octanol–water partition coefficient (Wildman–Crippen LogP) is 32.8. The van der Waals surface area contributed by atoms with Crippen LogP contribution < -0.4 is 20.7 Å². The summed E-state index contributed by atoms with van der Waals surface area (Å²) in [6, 6.07) is 88.6. The predicted molar refractivity (Wildman–Crippen MR) is 572 cm³/mol. The standard InChI is InChI=1S/C32H46OSi2.C30H40OSi.C24H37ClOSi2.C22H31ClOSi.4CH4/c1-9-26(28-16-20-32(21-17-28)35(7,8)34(4,5)6)23-30(29-14-18-31(33)19-15-29)22-25(3)27-12-10-24(2)11-13-27;1-7-24(26-14-18-30(19-15-26)32(4,5)6)21-28(27-12-16-29(31)17-13-27)20-23(3)25-10-8-22(2)9-11-25;1-8-24(22-11-9-20(17-25)10-12-22)26-18-19(2)21-13-15-23(16-14-21)28(6,7)27(3,4)5;1-6-22(20-9-7-18(15-23)8-10-20)24-16-17(2)19-11-13-21(14-12-19)25(3,4)5;;;;/h10-21,25-26,30,33H,9,22-23H2,1-8H3;8-19,23-24,28,31H,7,20-21H2,1-6H3;9-16,19,24H,8,17-18H2,1-7H3;7-14,17,22H,6,15-16H2,1-5H3;4*1H4. The number of hydrogen-bond donors (Lipinski definition) is 2. The van der Waals surface area contributed by atoms with E-state index in [1.54, 1.807) is 10.4 Å². The number of phenolic OH excluding ortho intramolecular Hbond substituents is 2. The molecular formula is C112H170Cl2O4Si6. The summed E-state index contributed by atoms with van der Waals surface area (Å²) in [6.07, 6.45) is 8.99. The van der Waals surface area contributed by atoms with Gasteiger partial charge in [0.15, 0.2) is 0 Å². The molecular weight excluding hydrogens is 1650 g/mol. The zero-order chi connectivity index (χ0) is 88.5. The second-order valence-corrected chi connectivity index (χ2v) is 83.9. The van der Waals surface area contributed by atoms with Crippen molar-refractivity contribution in [3.05, 3.63) is 321 Å². The highest BCUT2D eigenvalue weighted by molar-refractivity contribution is 7.45. The molecule has 2 N–H and O–H groups in total. The minimum atomic E-state index is -1.39. The molecule has 124 heavy (non-hydrogen) atoms. The summed E-state index contributed by atoms with van der Waals surface area (Å²) in [5.74, 6) is 5.53. The Morgan fingerprint density at radius 1 is 0.266 bits per heavy atom. The fraction of sp³-hybridized carbons (Fsp3) is 0.464. The van der Waals surface area contributed by atoms with E-state index < -0.39 is 46.5 Å². The van der Waals surface area contributed by atoms with Crippen molar-refractivity contribution in [3.63, 3.8) is 0 Å². The molecule has 0 aliphatic heterocycles. The molecule has 4 nitrogen and oxygen atoms in total. The highest BCUT2D eigenvalue weighted by Crippen LogP contribution is 2.42. The van der Waals surface area contributed by atoms with Crippen LogP contribution in [0.15, 0.2) is 243 Å². The fourth-order valence-corrected chi connectivity index (χ4v) is 28.6. The van der Waals surface area contributed by atoms with E-state index in [2.05, 4.69) is 392 Å². The van der Waals surface area contributed by atoms with E-state index in [1.165, 1.54) is 77.1 Å². The zero-order valence-electron chi connectivity index (χ0n) is 78.8. The number of hydrogen-bond acceptors (Lipinski definition) is 4. The van der Waals surface area contributed by atoms with Crippen molar-refractivity contribution in [2.75, 3.05) is 13.2 Å². The number of alkyl halides is 2. The maximum absolute atomic E-state index is 9.89. The van der Waals surface area contributed by atoms with E-state index in [-0.39, 0.29) is 41.9 Å². The molecule has 0 aliphatic rings. The van der Waals surface area contributed by atoms with Gasteiger partial charge >= 0.3 is 0 Å². The van der Waals surface area contributed by atoms with Crippen molar-refractivity contribution < 1.29 is 19.7 Å². The van der Waals surface area contributed by atoms with Gasteiger partial charge in [-0.15, -0.1) is 23.2 Å². The Morgan fingerprint density at radius 2 is 0.492 bits per heavy atom. The second-order valence-electron chi connectivity index (χ2n) is 40.1. The van der Waals surface area contributed by atoms with Gasteiger partial charge in [-0.2, -0.15) is 0 Å². The molecule has 10 aromatic carbocycles. The Hall–Kier alpha value is -6.40. The molecule has 10 aromatic rings. The summed E-state index contributed by atoms with van der Waals surface area (Å²) in [4.78, 5) is 0. The van der Waals surface area contributed by atoms with Crippen LogP contribution in [0.3, 0.4) is 0 Å². The fourth-order valence-electron chi connectivity index (χ4n) is 16.0. The van der Waals surface area contributed by atoms with E-state index >= 15 is 0 Å². The van der Waals surface area contributed by atoms with Crippen molar-refractivity contribution in [1.82, 2.24) is 0 Å². The van der Waals surface area contributed by atoms with E-state index in [4.69, 9.17) is 32.7 Å². The maximum Gasteiger partial charge on any atom is 0.115 e. The molecule has 10 rings (SSSR count). The maximum atomic E-state index is 9.89. The van der Waals surface area contributed by atoms with E-state index in [1.807, 2.05) is 24.3 Å². The van der Waals surface area contributed by atoms with Crippen molar-refractivity contribution in [2.45, 2.75) is 326 Å². The Morgan fingerprint density at radius 3 is 0.734 bits per heavy atom. The number of rotatable bonds is 36. The first-order valence-electron chi connectivity index (χ1n) is 45.2. The SMILES string of the molecule is C.C.C.C.CCC(CC(CC(C)c1ccc(C)cc1)c1ccc(O)cc1)c1ccc([Si](C)(C)C)cc1.CCC(CC(CC(C)c1ccc(C)cc1)c1ccc(O)cc1)c1ccc([Si](C)(C)[Si](C)(C)C)cc1.CCC(OCC(C)c1ccc([Si](C)(C)C)cc1)c1ccc(CCl)cc1.CCC(OCC(C)c1ccc([Si](C)(C)[Si](C)(C)C)cc1)c1ccc(CCl)cc1. The zero-order valence-corrected chi connectivity index (χ0v) is 86.3. The Balaban J connectivity index is 0.000000425. The number of phenols is 2. The van der Waals surface area contributed by atoms with Crippen molar-refractivity contribution in [3.8, 4) is 11.5 Å². The van der Waals surface area contributed by atoms with Crippen LogP contribution in [0.4, 0.5) is 0 Å². The number of aromatic hydroxyl groups is 2. The summed E-state index contributed by atoms with van der Waals surface area (Å²) < 4.78 is 12.5. The van der Waals surface area contributed by atoms with Crippen LogP contribution in [-0.4, -0.2) is 69.9 Å². The van der Waals surface area contributed by atoms with Crippen LogP contribution >= 0.6 is 23.2 Å². The third-order valence-electron chi connectivity index (χ3n) is 26.9. The van der Waals surface area contributed by atoms with Crippen molar-refractivity contribution in [2.24, 2.45) is 0 Å². The van der Waals surface area contributed by atoms with E-state index in [0.717, 1.165) is 75.7 Å². The summed E-state index contributed by atoms with van der Waals surface area (Å²) in [7, 11) is -7.56. The van der Waals surface area contributed by atoms with Gasteiger partial charge in [0, 0.05) is 38.8 Å². The number of halogens is 2. The molecule has 680 valence electrons. The lowest BCUT2D eigenvalue weighted by molar-refractivity contribution is 0.0423. The first kappa shape index (κ1) is 112. The lowest BCUT2D eigenvalue weighted by atomic mass is 9.78. The molecule has 0 saturated heterocycles. The molecule has 0 aliphatic carbocycles. The lowest BCUT2D eigenvalue weighted by Crippen LogP contribution is -2.61. The third-order valence-corrected chi connectivity index (χ3v) is 67.0. The van der Waals surface area contributed by atoms with Gasteiger partial charge in [0.2, 0.25) is 0 Å². The van der Waals surface area contributed by atoms with Crippen LogP contribution in [0, 0.1) is 13.8 Å². The second kappa shape index (κ2) is 51.7. The van der Waals surface area contributed by atoms with Gasteiger partial charge in [-0.25, -0.2) is 0 Å². The molecule has 12 heteroatoms. The highest BCUT2D eigenvalue weighted by Gasteiger charge is 2.40. The number of aryl methyl sites for hydroxylation is 2. The van der Waals surface area contributed by atoms with Crippen LogP contribution in [0.5, 0.6) is 11.5 Å². The van der Waals surface area contributed by atoms with Gasteiger partial charge in [-0.1, -0.05) is 440 Å². The van der Waals surface area contributed by atoms with Gasteiger partial charge in [-0.05, 0) is 192 Å². The quantitative estimate of drug-likeness (QED) is 0.0303. The molecule has 0 saturated carbocycles. The highest BCUT2D eigenvalue weighted by atomic mass is 35.5. The smallest absolute Gasteiger partial charge is 0.115 e. The van der Waals surface area contributed by atoms with Crippen LogP contribution in [-0.2, 0) is 21.2 Å². The van der Waals surface area contributed by atoms with Gasteiger partial charge in [0.25, 0.3) is 0 Å². The van der Waals surface area contributed by atoms with Gasteiger partial charge in [0.05, 0.1) is 56.8 Å². The minimum absolute atomic E-state index is 0. The molecule has 10 unspecified atom stereocenters. The largest absolute Gasteiger partial charge is 0.508 e. The summed E-state index contributed by atoms with van der Waals surface area (Å²) in [5, 5.41) is 25.9. The number of benzene rings is 10. The summed E-state index contributed by atoms with van der Waals surface area (Å²) in [5.41, 5.74) is 18.5. The van der Waals surface area contributed by atoms with Gasteiger partial charge in [-0.3, -0.25) is 0 Å². The third kappa shape index (κ3) is 33.3. The first-order chi connectivity index (χ1) is 56.5.